The van der Waals surface area contributed by atoms with E-state index in [0.717, 1.165) is 11.4 Å². The van der Waals surface area contributed by atoms with Crippen LogP contribution in [-0.2, 0) is 4.79 Å². The van der Waals surface area contributed by atoms with Crippen molar-refractivity contribution in [2.24, 2.45) is 0 Å². The molecule has 0 spiro atoms. The Balaban J connectivity index is 2.59. The van der Waals surface area contributed by atoms with Gasteiger partial charge in [-0.3, -0.25) is 4.79 Å². The van der Waals surface area contributed by atoms with E-state index in [1.54, 1.807) is 12.1 Å². The van der Waals surface area contributed by atoms with E-state index in [-0.39, 0.29) is 11.5 Å². The van der Waals surface area contributed by atoms with Crippen LogP contribution in [0.3, 0.4) is 0 Å². The number of aryl methyl sites for hydroxylation is 2. The minimum absolute atomic E-state index is 0.152. The molecule has 2 N–H and O–H groups in total. The number of carbonyl (C=O) groups excluding carboxylic acids is 1. The number of carboxylic acid groups (broad SMARTS) is 1. The van der Waals surface area contributed by atoms with Crippen LogP contribution in [0.15, 0.2) is 30.3 Å². The lowest BCUT2D eigenvalue weighted by Gasteiger charge is -2.14. The number of hydrogen-bond acceptors (Lipinski definition) is 2. The molecule has 0 bridgehead atoms. The summed E-state index contributed by atoms with van der Waals surface area (Å²) >= 11 is 0. The average molecular weight is 272 g/mol. The number of hydrogen-bond donors (Lipinski definition) is 2. The quantitative estimate of drug-likeness (QED) is 0.902. The van der Waals surface area contributed by atoms with E-state index >= 15 is 0 Å². The van der Waals surface area contributed by atoms with Crippen molar-refractivity contribution in [2.45, 2.75) is 20.8 Å². The number of nitrogens with one attached hydrogen (secondary N) is 1. The molecule has 5 nitrogen and oxygen atoms in total. The number of aromatic carboxylic acids is 1. The Bertz CT molecular complexity index is 667. The molecule has 20 heavy (non-hydrogen) atoms. The highest BCUT2D eigenvalue weighted by molar-refractivity contribution is 5.95. The highest BCUT2D eigenvalue weighted by Gasteiger charge is 2.15. The molecule has 0 aliphatic heterocycles. The lowest BCUT2D eigenvalue weighted by molar-refractivity contribution is -0.114. The van der Waals surface area contributed by atoms with Crippen molar-refractivity contribution in [1.82, 2.24) is 4.57 Å². The Morgan fingerprint density at radius 1 is 1.10 bits per heavy atom. The molecule has 0 aliphatic rings. The van der Waals surface area contributed by atoms with Gasteiger partial charge in [-0.1, -0.05) is 0 Å². The second-order valence-corrected chi connectivity index (χ2v) is 4.67. The largest absolute Gasteiger partial charge is 0.478 e. The van der Waals surface area contributed by atoms with Crippen molar-refractivity contribution in [2.75, 3.05) is 5.32 Å². The second-order valence-electron chi connectivity index (χ2n) is 4.67. The zero-order valence-corrected chi connectivity index (χ0v) is 11.6. The molecule has 104 valence electrons. The number of carbonyl (C=O) groups is 2. The molecule has 2 rings (SSSR count). The highest BCUT2D eigenvalue weighted by Crippen LogP contribution is 2.23. The van der Waals surface area contributed by atoms with E-state index < -0.39 is 5.97 Å². The number of benzene rings is 1. The van der Waals surface area contributed by atoms with Gasteiger partial charge in [-0.05, 0) is 44.2 Å². The van der Waals surface area contributed by atoms with Crippen LogP contribution in [0.25, 0.3) is 5.69 Å². The Morgan fingerprint density at radius 3 is 2.20 bits per heavy atom. The third-order valence-electron chi connectivity index (χ3n) is 3.06. The lowest BCUT2D eigenvalue weighted by atomic mass is 10.1. The molecule has 0 fully saturated rings. The van der Waals surface area contributed by atoms with E-state index in [2.05, 4.69) is 5.32 Å². The zero-order chi connectivity index (χ0) is 14.9. The summed E-state index contributed by atoms with van der Waals surface area (Å²) < 4.78 is 1.88. The van der Waals surface area contributed by atoms with Gasteiger partial charge in [-0.2, -0.15) is 0 Å². The van der Waals surface area contributed by atoms with Gasteiger partial charge in [0.2, 0.25) is 5.91 Å². The second kappa shape index (κ2) is 5.21. The predicted octanol–water partition coefficient (Wildman–Crippen LogP) is 2.75. The molecule has 1 aromatic carbocycles. The molecule has 5 heteroatoms. The van der Waals surface area contributed by atoms with Crippen LogP contribution in [0.1, 0.15) is 28.7 Å². The molecular weight excluding hydrogens is 256 g/mol. The van der Waals surface area contributed by atoms with Crippen molar-refractivity contribution >= 4 is 17.6 Å². The maximum atomic E-state index is 11.5. The van der Waals surface area contributed by atoms with Crippen LogP contribution in [-0.4, -0.2) is 21.6 Å². The number of aromatic nitrogens is 1. The summed E-state index contributed by atoms with van der Waals surface area (Å²) in [4.78, 5) is 22.5. The SMILES string of the molecule is CC(=O)Nc1ccc(-n2c(C)ccc2C)c(C(=O)O)c1. The lowest BCUT2D eigenvalue weighted by Crippen LogP contribution is -2.11. The first-order valence-electron chi connectivity index (χ1n) is 6.20. The summed E-state index contributed by atoms with van der Waals surface area (Å²) in [7, 11) is 0. The minimum Gasteiger partial charge on any atom is -0.478 e. The molecule has 0 unspecified atom stereocenters. The van der Waals surface area contributed by atoms with E-state index in [1.807, 2.05) is 30.5 Å². The van der Waals surface area contributed by atoms with E-state index in [0.29, 0.717) is 11.4 Å². The molecule has 1 amide bonds. The maximum Gasteiger partial charge on any atom is 0.337 e. The van der Waals surface area contributed by atoms with Crippen LogP contribution < -0.4 is 5.32 Å². The molecule has 0 atom stereocenters. The number of anilines is 1. The minimum atomic E-state index is -1.03. The van der Waals surface area contributed by atoms with Gasteiger partial charge in [0.25, 0.3) is 0 Å². The predicted molar refractivity (Wildman–Crippen MR) is 76.5 cm³/mol. The van der Waals surface area contributed by atoms with Crippen molar-refractivity contribution < 1.29 is 14.7 Å². The summed E-state index contributed by atoms with van der Waals surface area (Å²) in [6.45, 7) is 5.22. The Labute approximate surface area is 116 Å². The molecule has 0 aliphatic carbocycles. The number of rotatable bonds is 3. The standard InChI is InChI=1S/C15H16N2O3/c1-9-4-5-10(2)17(9)14-7-6-12(16-11(3)18)8-13(14)15(19)20/h4-8H,1-3H3,(H,16,18)(H,19,20). The van der Waals surface area contributed by atoms with Gasteiger partial charge in [-0.25, -0.2) is 4.79 Å². The van der Waals surface area contributed by atoms with Crippen LogP contribution in [0, 0.1) is 13.8 Å². The highest BCUT2D eigenvalue weighted by atomic mass is 16.4. The van der Waals surface area contributed by atoms with Gasteiger partial charge in [0.15, 0.2) is 0 Å². The fourth-order valence-electron chi connectivity index (χ4n) is 2.23. The van der Waals surface area contributed by atoms with Crippen LogP contribution in [0.5, 0.6) is 0 Å². The van der Waals surface area contributed by atoms with Crippen molar-refractivity contribution in [3.8, 4) is 5.69 Å². The van der Waals surface area contributed by atoms with Gasteiger partial charge < -0.3 is 15.0 Å². The van der Waals surface area contributed by atoms with E-state index in [9.17, 15) is 14.7 Å². The van der Waals surface area contributed by atoms with Crippen LogP contribution in [0.2, 0.25) is 0 Å². The number of carboxylic acids is 1. The summed E-state index contributed by atoms with van der Waals surface area (Å²) in [6.07, 6.45) is 0. The molecule has 1 heterocycles. The van der Waals surface area contributed by atoms with Gasteiger partial charge in [0.1, 0.15) is 0 Å². The molecule has 0 saturated carbocycles. The fourth-order valence-corrected chi connectivity index (χ4v) is 2.23. The first kappa shape index (κ1) is 13.9. The monoisotopic (exact) mass is 272 g/mol. The Morgan fingerprint density at radius 2 is 1.70 bits per heavy atom. The molecule has 2 aromatic rings. The van der Waals surface area contributed by atoms with Crippen molar-refractivity contribution in [3.63, 3.8) is 0 Å². The van der Waals surface area contributed by atoms with Crippen molar-refractivity contribution in [3.05, 3.63) is 47.3 Å². The van der Waals surface area contributed by atoms with Gasteiger partial charge in [0.05, 0.1) is 11.3 Å². The number of amides is 1. The van der Waals surface area contributed by atoms with Crippen LogP contribution in [0.4, 0.5) is 5.69 Å². The normalized spacial score (nSPS) is 10.3. The van der Waals surface area contributed by atoms with E-state index in [4.69, 9.17) is 0 Å². The maximum absolute atomic E-state index is 11.5. The van der Waals surface area contributed by atoms with Gasteiger partial charge in [0, 0.05) is 24.0 Å². The smallest absolute Gasteiger partial charge is 0.337 e. The van der Waals surface area contributed by atoms with Gasteiger partial charge in [-0.15, -0.1) is 0 Å². The fraction of sp³-hybridized carbons (Fsp3) is 0.200. The zero-order valence-electron chi connectivity index (χ0n) is 11.6. The van der Waals surface area contributed by atoms with Crippen LogP contribution >= 0.6 is 0 Å². The first-order chi connectivity index (χ1) is 9.40. The third kappa shape index (κ3) is 2.56. The van der Waals surface area contributed by atoms with E-state index in [1.165, 1.54) is 13.0 Å². The molecule has 0 saturated heterocycles. The van der Waals surface area contributed by atoms with Gasteiger partial charge >= 0.3 is 5.97 Å². The van der Waals surface area contributed by atoms with Crippen molar-refractivity contribution in [1.29, 1.82) is 0 Å². The average Bonchev–Trinajstić information content (AvgIpc) is 2.68. The Hall–Kier alpha value is -2.56. The summed E-state index contributed by atoms with van der Waals surface area (Å²) in [5.41, 5.74) is 3.13. The summed E-state index contributed by atoms with van der Waals surface area (Å²) in [5.74, 6) is -1.26. The summed E-state index contributed by atoms with van der Waals surface area (Å²) in [6, 6.07) is 8.74. The molecule has 0 radical (unpaired) electrons. The Kier molecular flexibility index (Phi) is 3.61. The molecular formula is C15H16N2O3. The summed E-state index contributed by atoms with van der Waals surface area (Å²) in [5, 5.41) is 12.0. The third-order valence-corrected chi connectivity index (χ3v) is 3.06. The topological polar surface area (TPSA) is 71.3 Å². The number of nitrogens with zero attached hydrogens (tertiary/aromatic N) is 1. The first-order valence-corrected chi connectivity index (χ1v) is 6.20. The molecule has 1 aromatic heterocycles.